The van der Waals surface area contributed by atoms with Crippen LogP contribution in [0.15, 0.2) is 16.6 Å². The number of aryl methyl sites for hydroxylation is 1. The van der Waals surface area contributed by atoms with E-state index in [9.17, 15) is 9.59 Å². The molecular weight excluding hydrogens is 284 g/mol. The Bertz CT molecular complexity index is 458. The molecule has 2 N–H and O–H groups in total. The van der Waals surface area contributed by atoms with E-state index in [2.05, 4.69) is 26.6 Å². The first kappa shape index (κ1) is 13.7. The molecule has 0 radical (unpaired) electrons. The standard InChI is InChI=1S/C12H15BrN2O2/c1-4-11(16)15-10-6-8(12(17)14-3)9(13)5-7(10)2/h5-6H,4H2,1-3H3,(H,14,17)(H,15,16). The first-order valence-electron chi connectivity index (χ1n) is 5.31. The summed E-state index contributed by atoms with van der Waals surface area (Å²) in [6, 6.07) is 3.49. The number of carbonyl (C=O) groups excluding carboxylic acids is 2. The van der Waals surface area contributed by atoms with E-state index in [1.165, 1.54) is 0 Å². The van der Waals surface area contributed by atoms with Crippen LogP contribution in [0.2, 0.25) is 0 Å². The zero-order valence-corrected chi connectivity index (χ0v) is 11.6. The van der Waals surface area contributed by atoms with Crippen LogP contribution in [0.1, 0.15) is 29.3 Å². The number of hydrogen-bond acceptors (Lipinski definition) is 2. The second-order valence-corrected chi connectivity index (χ2v) is 4.48. The van der Waals surface area contributed by atoms with E-state index >= 15 is 0 Å². The minimum atomic E-state index is -0.191. The predicted octanol–water partition coefficient (Wildman–Crippen LogP) is 2.47. The van der Waals surface area contributed by atoms with Gasteiger partial charge < -0.3 is 10.6 Å². The highest BCUT2D eigenvalue weighted by atomic mass is 79.9. The lowest BCUT2D eigenvalue weighted by Crippen LogP contribution is -2.19. The fraction of sp³-hybridized carbons (Fsp3) is 0.333. The maximum atomic E-state index is 11.6. The summed E-state index contributed by atoms with van der Waals surface area (Å²) in [6.07, 6.45) is 0.408. The predicted molar refractivity (Wildman–Crippen MR) is 71.2 cm³/mol. The van der Waals surface area contributed by atoms with E-state index in [-0.39, 0.29) is 11.8 Å². The molecule has 0 aliphatic carbocycles. The third-order valence-electron chi connectivity index (χ3n) is 2.38. The van der Waals surface area contributed by atoms with Gasteiger partial charge >= 0.3 is 0 Å². The number of benzene rings is 1. The van der Waals surface area contributed by atoms with Crippen LogP contribution in [0.25, 0.3) is 0 Å². The third kappa shape index (κ3) is 3.30. The Kier molecular flexibility index (Phi) is 4.69. The minimum absolute atomic E-state index is 0.0710. The van der Waals surface area contributed by atoms with Crippen molar-refractivity contribution in [2.24, 2.45) is 0 Å². The van der Waals surface area contributed by atoms with Gasteiger partial charge in [0.25, 0.3) is 5.91 Å². The van der Waals surface area contributed by atoms with Crippen molar-refractivity contribution in [3.05, 3.63) is 27.7 Å². The number of anilines is 1. The molecule has 0 saturated heterocycles. The highest BCUT2D eigenvalue weighted by Crippen LogP contribution is 2.25. The lowest BCUT2D eigenvalue weighted by atomic mass is 10.1. The van der Waals surface area contributed by atoms with Gasteiger partial charge in [0.2, 0.25) is 5.91 Å². The number of rotatable bonds is 3. The van der Waals surface area contributed by atoms with Crippen molar-refractivity contribution in [3.63, 3.8) is 0 Å². The molecule has 0 aromatic heterocycles. The van der Waals surface area contributed by atoms with Crippen LogP contribution in [-0.2, 0) is 4.79 Å². The number of hydrogen-bond donors (Lipinski definition) is 2. The van der Waals surface area contributed by atoms with E-state index in [0.29, 0.717) is 22.1 Å². The fourth-order valence-corrected chi connectivity index (χ4v) is 1.99. The summed E-state index contributed by atoms with van der Waals surface area (Å²) in [5.74, 6) is -0.262. The van der Waals surface area contributed by atoms with Gasteiger partial charge in [-0.25, -0.2) is 0 Å². The highest BCUT2D eigenvalue weighted by Gasteiger charge is 2.12. The zero-order valence-electron chi connectivity index (χ0n) is 10.1. The molecule has 0 fully saturated rings. The molecular formula is C12H15BrN2O2. The van der Waals surface area contributed by atoms with Crippen molar-refractivity contribution in [1.29, 1.82) is 0 Å². The first-order valence-corrected chi connectivity index (χ1v) is 6.11. The molecule has 1 aromatic rings. The van der Waals surface area contributed by atoms with E-state index in [1.807, 2.05) is 13.0 Å². The summed E-state index contributed by atoms with van der Waals surface area (Å²) in [5, 5.41) is 5.32. The number of nitrogens with one attached hydrogen (secondary N) is 2. The van der Waals surface area contributed by atoms with Gasteiger partial charge in [0, 0.05) is 23.6 Å². The summed E-state index contributed by atoms with van der Waals surface area (Å²) in [4.78, 5) is 22.9. The van der Waals surface area contributed by atoms with E-state index in [0.717, 1.165) is 5.56 Å². The molecule has 0 spiro atoms. The molecule has 92 valence electrons. The SMILES string of the molecule is CCC(=O)Nc1cc(C(=O)NC)c(Br)cc1C. The Labute approximate surface area is 109 Å². The highest BCUT2D eigenvalue weighted by molar-refractivity contribution is 9.10. The van der Waals surface area contributed by atoms with Crippen LogP contribution in [0.4, 0.5) is 5.69 Å². The largest absolute Gasteiger partial charge is 0.355 e. The van der Waals surface area contributed by atoms with E-state index in [4.69, 9.17) is 0 Å². The summed E-state index contributed by atoms with van der Waals surface area (Å²) in [6.45, 7) is 3.66. The molecule has 17 heavy (non-hydrogen) atoms. The molecule has 0 aliphatic heterocycles. The molecule has 0 unspecified atom stereocenters. The molecule has 0 saturated carbocycles. The third-order valence-corrected chi connectivity index (χ3v) is 3.04. The Hall–Kier alpha value is -1.36. The van der Waals surface area contributed by atoms with Crippen molar-refractivity contribution >= 4 is 33.4 Å². The van der Waals surface area contributed by atoms with Crippen LogP contribution in [0.3, 0.4) is 0 Å². The van der Waals surface area contributed by atoms with Crippen LogP contribution in [0, 0.1) is 6.92 Å². The molecule has 2 amide bonds. The van der Waals surface area contributed by atoms with Gasteiger partial charge in [-0.05, 0) is 40.5 Å². The molecule has 0 atom stereocenters. The Morgan fingerprint density at radius 3 is 2.53 bits per heavy atom. The molecule has 1 aromatic carbocycles. The maximum Gasteiger partial charge on any atom is 0.252 e. The van der Waals surface area contributed by atoms with Crippen LogP contribution < -0.4 is 10.6 Å². The zero-order chi connectivity index (χ0) is 13.0. The summed E-state index contributed by atoms with van der Waals surface area (Å²) in [5.41, 5.74) is 2.08. The van der Waals surface area contributed by atoms with Crippen LogP contribution in [-0.4, -0.2) is 18.9 Å². The lowest BCUT2D eigenvalue weighted by molar-refractivity contribution is -0.115. The van der Waals surface area contributed by atoms with E-state index < -0.39 is 0 Å². The molecule has 4 nitrogen and oxygen atoms in total. The van der Waals surface area contributed by atoms with Crippen molar-refractivity contribution in [1.82, 2.24) is 5.32 Å². The van der Waals surface area contributed by atoms with Crippen molar-refractivity contribution < 1.29 is 9.59 Å². The average Bonchev–Trinajstić information content (AvgIpc) is 2.31. The number of carbonyl (C=O) groups is 2. The lowest BCUT2D eigenvalue weighted by Gasteiger charge is -2.11. The normalized spacial score (nSPS) is 9.88. The summed E-state index contributed by atoms with van der Waals surface area (Å²) in [7, 11) is 1.57. The van der Waals surface area contributed by atoms with Gasteiger partial charge in [0.05, 0.1) is 5.56 Å². The van der Waals surface area contributed by atoms with Crippen molar-refractivity contribution in [2.75, 3.05) is 12.4 Å². The minimum Gasteiger partial charge on any atom is -0.355 e. The topological polar surface area (TPSA) is 58.2 Å². The molecule has 0 heterocycles. The second-order valence-electron chi connectivity index (χ2n) is 3.63. The van der Waals surface area contributed by atoms with Gasteiger partial charge in [0.15, 0.2) is 0 Å². The Morgan fingerprint density at radius 2 is 2.00 bits per heavy atom. The number of halogens is 1. The quantitative estimate of drug-likeness (QED) is 0.900. The maximum absolute atomic E-state index is 11.6. The van der Waals surface area contributed by atoms with Gasteiger partial charge in [-0.1, -0.05) is 6.92 Å². The number of amides is 2. The average molecular weight is 299 g/mol. The Morgan fingerprint density at radius 1 is 1.35 bits per heavy atom. The van der Waals surface area contributed by atoms with Gasteiger partial charge in [0.1, 0.15) is 0 Å². The van der Waals surface area contributed by atoms with Gasteiger partial charge in [-0.15, -0.1) is 0 Å². The smallest absolute Gasteiger partial charge is 0.252 e. The second kappa shape index (κ2) is 5.82. The van der Waals surface area contributed by atoms with Crippen LogP contribution in [0.5, 0.6) is 0 Å². The van der Waals surface area contributed by atoms with Gasteiger partial charge in [-0.3, -0.25) is 9.59 Å². The Balaban J connectivity index is 3.14. The summed E-state index contributed by atoms with van der Waals surface area (Å²) >= 11 is 3.33. The molecule has 5 heteroatoms. The molecule has 1 rings (SSSR count). The first-order chi connectivity index (χ1) is 7.99. The van der Waals surface area contributed by atoms with E-state index in [1.54, 1.807) is 20.0 Å². The van der Waals surface area contributed by atoms with Crippen molar-refractivity contribution in [3.8, 4) is 0 Å². The molecule has 0 bridgehead atoms. The summed E-state index contributed by atoms with van der Waals surface area (Å²) < 4.78 is 0.712. The van der Waals surface area contributed by atoms with Crippen molar-refractivity contribution in [2.45, 2.75) is 20.3 Å². The van der Waals surface area contributed by atoms with Crippen LogP contribution >= 0.6 is 15.9 Å². The molecule has 0 aliphatic rings. The monoisotopic (exact) mass is 298 g/mol. The van der Waals surface area contributed by atoms with Gasteiger partial charge in [-0.2, -0.15) is 0 Å². The fourth-order valence-electron chi connectivity index (χ4n) is 1.35.